The van der Waals surface area contributed by atoms with Gasteiger partial charge in [0.15, 0.2) is 0 Å². The molecule has 3 nitrogen and oxygen atoms in total. The first-order valence-electron chi connectivity index (χ1n) is 5.76. The monoisotopic (exact) mass is 219 g/mol. The van der Waals surface area contributed by atoms with Crippen LogP contribution in [0.1, 0.15) is 23.2 Å². The third-order valence-electron chi connectivity index (χ3n) is 3.13. The molecule has 1 amide bonds. The van der Waals surface area contributed by atoms with E-state index in [2.05, 4.69) is 0 Å². The normalized spacial score (nSPS) is 20.1. The van der Waals surface area contributed by atoms with E-state index in [4.69, 9.17) is 5.11 Å². The summed E-state index contributed by atoms with van der Waals surface area (Å²) in [5, 5.41) is 8.87. The first-order chi connectivity index (χ1) is 7.81. The van der Waals surface area contributed by atoms with Crippen LogP contribution in [-0.2, 0) is 0 Å². The van der Waals surface area contributed by atoms with Crippen LogP contribution in [0.2, 0.25) is 0 Å². The smallest absolute Gasteiger partial charge is 0.253 e. The molecule has 1 fully saturated rings. The minimum atomic E-state index is 0.112. The Labute approximate surface area is 95.7 Å². The van der Waals surface area contributed by atoms with Gasteiger partial charge in [0, 0.05) is 25.3 Å². The average Bonchev–Trinajstić information content (AvgIpc) is 2.78. The van der Waals surface area contributed by atoms with Crippen LogP contribution in [-0.4, -0.2) is 35.6 Å². The number of benzene rings is 1. The van der Waals surface area contributed by atoms with Crippen LogP contribution in [0.15, 0.2) is 30.3 Å². The van der Waals surface area contributed by atoms with Gasteiger partial charge in [-0.1, -0.05) is 18.2 Å². The summed E-state index contributed by atoms with van der Waals surface area (Å²) in [6.07, 6.45) is 1.82. The Morgan fingerprint density at radius 3 is 2.81 bits per heavy atom. The van der Waals surface area contributed by atoms with E-state index in [0.717, 1.165) is 31.5 Å². The van der Waals surface area contributed by atoms with Gasteiger partial charge in [0.2, 0.25) is 0 Å². The lowest BCUT2D eigenvalue weighted by atomic mass is 10.1. The molecule has 0 radical (unpaired) electrons. The van der Waals surface area contributed by atoms with Crippen molar-refractivity contribution in [3.8, 4) is 0 Å². The quantitative estimate of drug-likeness (QED) is 0.837. The molecule has 2 rings (SSSR count). The molecule has 1 atom stereocenters. The lowest BCUT2D eigenvalue weighted by molar-refractivity contribution is 0.0785. The summed E-state index contributed by atoms with van der Waals surface area (Å²) in [6.45, 7) is 1.82. The third kappa shape index (κ3) is 2.42. The molecule has 1 N–H and O–H groups in total. The fourth-order valence-corrected chi connectivity index (χ4v) is 2.20. The van der Waals surface area contributed by atoms with Crippen molar-refractivity contribution in [3.05, 3.63) is 35.9 Å². The van der Waals surface area contributed by atoms with E-state index in [1.54, 1.807) is 0 Å². The standard InChI is InChI=1S/C13H17NO2/c15-9-7-11-6-8-14(10-11)13(16)12-4-2-1-3-5-12/h1-5,11,15H,6-10H2. The second-order valence-corrected chi connectivity index (χ2v) is 4.28. The number of likely N-dealkylation sites (tertiary alicyclic amines) is 1. The number of nitrogens with zero attached hydrogens (tertiary/aromatic N) is 1. The predicted octanol–water partition coefficient (Wildman–Crippen LogP) is 1.53. The number of rotatable bonds is 3. The van der Waals surface area contributed by atoms with Crippen molar-refractivity contribution in [2.24, 2.45) is 5.92 Å². The van der Waals surface area contributed by atoms with Crippen LogP contribution < -0.4 is 0 Å². The zero-order valence-corrected chi connectivity index (χ0v) is 9.30. The van der Waals surface area contributed by atoms with Crippen molar-refractivity contribution in [1.82, 2.24) is 4.90 Å². The van der Waals surface area contributed by atoms with Gasteiger partial charge in [0.1, 0.15) is 0 Å². The molecule has 1 aromatic carbocycles. The maximum Gasteiger partial charge on any atom is 0.253 e. The first kappa shape index (κ1) is 11.1. The molecule has 1 heterocycles. The Kier molecular flexibility index (Phi) is 3.57. The molecule has 1 unspecified atom stereocenters. The molecule has 0 aromatic heterocycles. The Morgan fingerprint density at radius 1 is 1.38 bits per heavy atom. The van der Waals surface area contributed by atoms with E-state index in [1.807, 2.05) is 35.2 Å². The number of hydrogen-bond donors (Lipinski definition) is 1. The third-order valence-corrected chi connectivity index (χ3v) is 3.13. The van der Waals surface area contributed by atoms with Crippen LogP contribution in [0, 0.1) is 5.92 Å². The summed E-state index contributed by atoms with van der Waals surface area (Å²) in [7, 11) is 0. The van der Waals surface area contributed by atoms with Gasteiger partial charge < -0.3 is 10.0 Å². The summed E-state index contributed by atoms with van der Waals surface area (Å²) in [5.74, 6) is 0.582. The fraction of sp³-hybridized carbons (Fsp3) is 0.462. The lowest BCUT2D eigenvalue weighted by Crippen LogP contribution is -2.28. The summed E-state index contributed by atoms with van der Waals surface area (Å²) < 4.78 is 0. The maximum atomic E-state index is 12.1. The van der Waals surface area contributed by atoms with E-state index in [-0.39, 0.29) is 12.5 Å². The van der Waals surface area contributed by atoms with E-state index in [1.165, 1.54) is 0 Å². The molecule has 3 heteroatoms. The summed E-state index contributed by atoms with van der Waals surface area (Å²) in [5.41, 5.74) is 0.757. The van der Waals surface area contributed by atoms with Crippen LogP contribution in [0.5, 0.6) is 0 Å². The molecule has 1 saturated heterocycles. The van der Waals surface area contributed by atoms with Crippen molar-refractivity contribution >= 4 is 5.91 Å². The van der Waals surface area contributed by atoms with Gasteiger partial charge in [-0.25, -0.2) is 0 Å². The molecule has 0 bridgehead atoms. The number of carbonyl (C=O) groups excluding carboxylic acids is 1. The SMILES string of the molecule is O=C(c1ccccc1)N1CCC(CCO)C1. The summed E-state index contributed by atoms with van der Waals surface area (Å²) in [6, 6.07) is 9.38. The van der Waals surface area contributed by atoms with Gasteiger partial charge in [0.05, 0.1) is 0 Å². The van der Waals surface area contributed by atoms with Crippen LogP contribution in [0.3, 0.4) is 0 Å². The molecule has 86 valence electrons. The highest BCUT2D eigenvalue weighted by atomic mass is 16.3. The highest BCUT2D eigenvalue weighted by molar-refractivity contribution is 5.94. The van der Waals surface area contributed by atoms with E-state index in [0.29, 0.717) is 5.92 Å². The van der Waals surface area contributed by atoms with Crippen LogP contribution in [0.4, 0.5) is 0 Å². The Bertz CT molecular complexity index is 350. The number of aliphatic hydroxyl groups is 1. The molecular weight excluding hydrogens is 202 g/mol. The molecule has 1 aromatic rings. The van der Waals surface area contributed by atoms with Gasteiger partial charge in [-0.15, -0.1) is 0 Å². The van der Waals surface area contributed by atoms with Crippen LogP contribution >= 0.6 is 0 Å². The number of hydrogen-bond acceptors (Lipinski definition) is 2. The molecule has 0 saturated carbocycles. The zero-order valence-electron chi connectivity index (χ0n) is 9.30. The minimum absolute atomic E-state index is 0.112. The lowest BCUT2D eigenvalue weighted by Gasteiger charge is -2.16. The average molecular weight is 219 g/mol. The number of carbonyl (C=O) groups is 1. The second-order valence-electron chi connectivity index (χ2n) is 4.28. The van der Waals surface area contributed by atoms with Crippen molar-refractivity contribution in [1.29, 1.82) is 0 Å². The van der Waals surface area contributed by atoms with E-state index < -0.39 is 0 Å². The van der Waals surface area contributed by atoms with Crippen molar-refractivity contribution in [2.45, 2.75) is 12.8 Å². The van der Waals surface area contributed by atoms with Crippen molar-refractivity contribution in [3.63, 3.8) is 0 Å². The van der Waals surface area contributed by atoms with Gasteiger partial charge in [-0.3, -0.25) is 4.79 Å². The van der Waals surface area contributed by atoms with E-state index >= 15 is 0 Å². The maximum absolute atomic E-state index is 12.1. The molecule has 0 aliphatic carbocycles. The Hall–Kier alpha value is -1.35. The molecule has 16 heavy (non-hydrogen) atoms. The van der Waals surface area contributed by atoms with Gasteiger partial charge in [-0.2, -0.15) is 0 Å². The van der Waals surface area contributed by atoms with Gasteiger partial charge >= 0.3 is 0 Å². The summed E-state index contributed by atoms with van der Waals surface area (Å²) >= 11 is 0. The largest absolute Gasteiger partial charge is 0.396 e. The second kappa shape index (κ2) is 5.12. The molecular formula is C13H17NO2. The molecule has 1 aliphatic heterocycles. The fourth-order valence-electron chi connectivity index (χ4n) is 2.20. The van der Waals surface area contributed by atoms with Crippen LogP contribution in [0.25, 0.3) is 0 Å². The van der Waals surface area contributed by atoms with Gasteiger partial charge in [-0.05, 0) is 30.9 Å². The Balaban J connectivity index is 1.97. The highest BCUT2D eigenvalue weighted by Gasteiger charge is 2.26. The van der Waals surface area contributed by atoms with E-state index in [9.17, 15) is 4.79 Å². The molecule has 1 aliphatic rings. The van der Waals surface area contributed by atoms with Gasteiger partial charge in [0.25, 0.3) is 5.91 Å². The highest BCUT2D eigenvalue weighted by Crippen LogP contribution is 2.20. The zero-order chi connectivity index (χ0) is 11.4. The number of amides is 1. The molecule has 0 spiro atoms. The Morgan fingerprint density at radius 2 is 2.12 bits per heavy atom. The van der Waals surface area contributed by atoms with Crippen molar-refractivity contribution in [2.75, 3.05) is 19.7 Å². The number of aliphatic hydroxyl groups excluding tert-OH is 1. The minimum Gasteiger partial charge on any atom is -0.396 e. The topological polar surface area (TPSA) is 40.5 Å². The predicted molar refractivity (Wildman–Crippen MR) is 62.2 cm³/mol. The first-order valence-corrected chi connectivity index (χ1v) is 5.76. The summed E-state index contributed by atoms with van der Waals surface area (Å²) in [4.78, 5) is 13.9. The van der Waals surface area contributed by atoms with Crippen molar-refractivity contribution < 1.29 is 9.90 Å².